The molecule has 102 valence electrons. The van der Waals surface area contributed by atoms with Crippen LogP contribution in [0.4, 0.5) is 0 Å². The van der Waals surface area contributed by atoms with Crippen LogP contribution in [-0.4, -0.2) is 33.6 Å². The molecule has 18 heavy (non-hydrogen) atoms. The maximum atomic E-state index is 10.8. The normalized spacial score (nSPS) is 53.2. The third kappa shape index (κ3) is 1.21. The van der Waals surface area contributed by atoms with Gasteiger partial charge in [-0.2, -0.15) is 0 Å². The molecule has 3 rings (SSSR count). The Labute approximate surface area is 109 Å². The first-order valence-electron chi connectivity index (χ1n) is 6.99. The lowest BCUT2D eigenvalue weighted by Crippen LogP contribution is -2.65. The summed E-state index contributed by atoms with van der Waals surface area (Å²) >= 11 is 0. The molecular formula is C15H24O3. The SMILES string of the molecule is CC1(C)CC2C=C(CO)C3(O)CCC3(C)C2C1O. The van der Waals surface area contributed by atoms with E-state index >= 15 is 0 Å². The highest BCUT2D eigenvalue weighted by Crippen LogP contribution is 2.67. The number of hydrogen-bond acceptors (Lipinski definition) is 3. The summed E-state index contributed by atoms with van der Waals surface area (Å²) in [4.78, 5) is 0. The number of aliphatic hydroxyl groups is 3. The molecule has 3 nitrogen and oxygen atoms in total. The summed E-state index contributed by atoms with van der Waals surface area (Å²) in [6.07, 6.45) is 4.27. The van der Waals surface area contributed by atoms with Crippen LogP contribution in [0.1, 0.15) is 40.0 Å². The fraction of sp³-hybridized carbons (Fsp3) is 0.867. The number of fused-ring (bicyclic) bond motifs is 3. The molecule has 3 N–H and O–H groups in total. The lowest BCUT2D eigenvalue weighted by molar-refractivity contribution is -0.196. The van der Waals surface area contributed by atoms with Crippen LogP contribution < -0.4 is 0 Å². The van der Waals surface area contributed by atoms with E-state index in [0.29, 0.717) is 12.3 Å². The average Bonchev–Trinajstić information content (AvgIpc) is 2.53. The van der Waals surface area contributed by atoms with Crippen molar-refractivity contribution in [3.63, 3.8) is 0 Å². The Hall–Kier alpha value is -0.380. The molecule has 0 radical (unpaired) electrons. The van der Waals surface area contributed by atoms with E-state index in [4.69, 9.17) is 0 Å². The molecule has 0 aromatic rings. The smallest absolute Gasteiger partial charge is 0.0936 e. The van der Waals surface area contributed by atoms with Gasteiger partial charge in [-0.15, -0.1) is 0 Å². The van der Waals surface area contributed by atoms with Crippen LogP contribution >= 0.6 is 0 Å². The molecule has 0 heterocycles. The van der Waals surface area contributed by atoms with Gasteiger partial charge in [0.05, 0.1) is 18.3 Å². The standard InChI is InChI=1S/C15H24O3/c1-13(2)7-9-6-10(8-16)15(18)5-4-14(15,3)11(9)12(13)17/h6,9,11-12,16-18H,4-5,7-8H2,1-3H3. The summed E-state index contributed by atoms with van der Waals surface area (Å²) in [5.74, 6) is 0.421. The molecular weight excluding hydrogens is 228 g/mol. The van der Waals surface area contributed by atoms with E-state index in [1.54, 1.807) is 0 Å². The molecule has 0 aliphatic heterocycles. The van der Waals surface area contributed by atoms with Crippen molar-refractivity contribution in [2.75, 3.05) is 6.61 Å². The molecule has 3 aliphatic carbocycles. The molecule has 5 unspecified atom stereocenters. The van der Waals surface area contributed by atoms with Crippen molar-refractivity contribution in [2.24, 2.45) is 22.7 Å². The second kappa shape index (κ2) is 3.38. The fourth-order valence-corrected chi connectivity index (χ4v) is 4.86. The number of aliphatic hydroxyl groups excluding tert-OH is 2. The van der Waals surface area contributed by atoms with Gasteiger partial charge >= 0.3 is 0 Å². The lowest BCUT2D eigenvalue weighted by Gasteiger charge is -2.62. The minimum atomic E-state index is -0.885. The molecule has 0 aromatic carbocycles. The maximum absolute atomic E-state index is 10.8. The molecule has 5 atom stereocenters. The van der Waals surface area contributed by atoms with E-state index in [1.807, 2.05) is 6.08 Å². The van der Waals surface area contributed by atoms with E-state index in [0.717, 1.165) is 18.4 Å². The molecule has 0 saturated heterocycles. The van der Waals surface area contributed by atoms with Crippen LogP contribution in [-0.2, 0) is 0 Å². The van der Waals surface area contributed by atoms with Crippen molar-refractivity contribution >= 4 is 0 Å². The predicted molar refractivity (Wildman–Crippen MR) is 68.8 cm³/mol. The first-order valence-corrected chi connectivity index (χ1v) is 6.99. The highest BCUT2D eigenvalue weighted by Gasteiger charge is 2.68. The zero-order valence-corrected chi connectivity index (χ0v) is 11.5. The molecule has 0 bridgehead atoms. The molecule has 3 heteroatoms. The topological polar surface area (TPSA) is 60.7 Å². The van der Waals surface area contributed by atoms with Gasteiger partial charge in [0.1, 0.15) is 0 Å². The number of hydrogen-bond donors (Lipinski definition) is 3. The van der Waals surface area contributed by atoms with Crippen LogP contribution in [0.3, 0.4) is 0 Å². The van der Waals surface area contributed by atoms with Crippen LogP contribution in [0.5, 0.6) is 0 Å². The van der Waals surface area contributed by atoms with Gasteiger partial charge < -0.3 is 15.3 Å². The predicted octanol–water partition coefficient (Wildman–Crippen LogP) is 1.47. The van der Waals surface area contributed by atoms with Crippen LogP contribution in [0.2, 0.25) is 0 Å². The van der Waals surface area contributed by atoms with Crippen molar-refractivity contribution < 1.29 is 15.3 Å². The van der Waals surface area contributed by atoms with E-state index in [-0.39, 0.29) is 29.5 Å². The highest BCUT2D eigenvalue weighted by atomic mass is 16.3. The molecule has 2 saturated carbocycles. The minimum absolute atomic E-state index is 0.0637. The van der Waals surface area contributed by atoms with E-state index in [1.165, 1.54) is 0 Å². The van der Waals surface area contributed by atoms with Crippen molar-refractivity contribution in [2.45, 2.75) is 51.7 Å². The first kappa shape index (κ1) is 12.6. The number of allylic oxidation sites excluding steroid dienone is 1. The van der Waals surface area contributed by atoms with E-state index in [2.05, 4.69) is 20.8 Å². The molecule has 0 spiro atoms. The van der Waals surface area contributed by atoms with Gasteiger partial charge in [-0.3, -0.25) is 0 Å². The van der Waals surface area contributed by atoms with Gasteiger partial charge in [0.2, 0.25) is 0 Å². The second-order valence-corrected chi connectivity index (χ2v) is 7.45. The van der Waals surface area contributed by atoms with Gasteiger partial charge in [-0.05, 0) is 36.2 Å². The minimum Gasteiger partial charge on any atom is -0.392 e. The Kier molecular flexibility index (Phi) is 2.38. The van der Waals surface area contributed by atoms with Crippen LogP contribution in [0.15, 0.2) is 11.6 Å². The fourth-order valence-electron chi connectivity index (χ4n) is 4.86. The summed E-state index contributed by atoms with van der Waals surface area (Å²) in [5, 5.41) is 31.0. The van der Waals surface area contributed by atoms with Gasteiger partial charge in [0.25, 0.3) is 0 Å². The van der Waals surface area contributed by atoms with Crippen molar-refractivity contribution in [3.05, 3.63) is 11.6 Å². The zero-order chi connectivity index (χ0) is 13.3. The first-order chi connectivity index (χ1) is 8.26. The summed E-state index contributed by atoms with van der Waals surface area (Å²) in [7, 11) is 0. The quantitative estimate of drug-likeness (QED) is 0.619. The van der Waals surface area contributed by atoms with Gasteiger partial charge in [-0.25, -0.2) is 0 Å². The molecule has 3 aliphatic rings. The van der Waals surface area contributed by atoms with E-state index < -0.39 is 5.60 Å². The summed E-state index contributed by atoms with van der Waals surface area (Å²) < 4.78 is 0. The summed E-state index contributed by atoms with van der Waals surface area (Å²) in [6.45, 7) is 6.22. The van der Waals surface area contributed by atoms with Crippen LogP contribution in [0.25, 0.3) is 0 Å². The van der Waals surface area contributed by atoms with Gasteiger partial charge in [0.15, 0.2) is 0 Å². The van der Waals surface area contributed by atoms with Crippen molar-refractivity contribution in [1.29, 1.82) is 0 Å². The monoisotopic (exact) mass is 252 g/mol. The Morgan fingerprint density at radius 2 is 1.94 bits per heavy atom. The van der Waals surface area contributed by atoms with Gasteiger partial charge in [-0.1, -0.05) is 26.8 Å². The second-order valence-electron chi connectivity index (χ2n) is 7.45. The molecule has 0 amide bonds. The lowest BCUT2D eigenvalue weighted by atomic mass is 9.45. The average molecular weight is 252 g/mol. The Bertz CT molecular complexity index is 414. The Morgan fingerprint density at radius 3 is 2.44 bits per heavy atom. The third-order valence-electron chi connectivity index (χ3n) is 6.17. The van der Waals surface area contributed by atoms with Gasteiger partial charge in [0, 0.05) is 11.3 Å². The number of rotatable bonds is 1. The summed E-state index contributed by atoms with van der Waals surface area (Å²) in [5.41, 5.74) is -0.472. The maximum Gasteiger partial charge on any atom is 0.0936 e. The largest absolute Gasteiger partial charge is 0.392 e. The van der Waals surface area contributed by atoms with Crippen molar-refractivity contribution in [1.82, 2.24) is 0 Å². The molecule has 2 fully saturated rings. The third-order valence-corrected chi connectivity index (χ3v) is 6.17. The van der Waals surface area contributed by atoms with Crippen molar-refractivity contribution in [3.8, 4) is 0 Å². The van der Waals surface area contributed by atoms with E-state index in [9.17, 15) is 15.3 Å². The molecule has 0 aromatic heterocycles. The summed E-state index contributed by atoms with van der Waals surface area (Å²) in [6, 6.07) is 0. The zero-order valence-electron chi connectivity index (χ0n) is 11.5. The Morgan fingerprint density at radius 1 is 1.28 bits per heavy atom. The highest BCUT2D eigenvalue weighted by molar-refractivity contribution is 5.35. The van der Waals surface area contributed by atoms with Crippen LogP contribution in [0, 0.1) is 22.7 Å². The Balaban J connectivity index is 2.08.